The summed E-state index contributed by atoms with van der Waals surface area (Å²) in [5.41, 5.74) is 0.729. The third-order valence-corrected chi connectivity index (χ3v) is 4.20. The van der Waals surface area contributed by atoms with Gasteiger partial charge in [-0.3, -0.25) is 9.59 Å². The lowest BCUT2D eigenvalue weighted by atomic mass is 10.1. The van der Waals surface area contributed by atoms with Crippen molar-refractivity contribution in [2.75, 3.05) is 18.6 Å². The van der Waals surface area contributed by atoms with Gasteiger partial charge in [0.05, 0.1) is 18.7 Å². The third-order valence-electron chi connectivity index (χ3n) is 4.20. The van der Waals surface area contributed by atoms with E-state index in [0.717, 1.165) is 18.5 Å². The van der Waals surface area contributed by atoms with Crippen LogP contribution in [0.3, 0.4) is 0 Å². The number of amides is 2. The number of rotatable bonds is 6. The highest BCUT2D eigenvalue weighted by Gasteiger charge is 2.36. The molecule has 0 radical (unpaired) electrons. The number of para-hydroxylation sites is 2. The smallest absolute Gasteiger partial charge is 0.227 e. The van der Waals surface area contributed by atoms with Crippen LogP contribution in [0, 0.1) is 5.92 Å². The summed E-state index contributed by atoms with van der Waals surface area (Å²) in [6, 6.07) is 7.57. The average molecular weight is 304 g/mol. The Morgan fingerprint density at radius 3 is 2.68 bits per heavy atom. The molecule has 1 saturated heterocycles. The van der Waals surface area contributed by atoms with E-state index in [0.29, 0.717) is 12.3 Å². The SMILES string of the molecule is CCC(CC)NC(=O)C1CC(=O)N(c2ccccc2OC)C1. The van der Waals surface area contributed by atoms with Crippen LogP contribution in [0.5, 0.6) is 5.75 Å². The summed E-state index contributed by atoms with van der Waals surface area (Å²) in [6.45, 7) is 4.51. The quantitative estimate of drug-likeness (QED) is 0.877. The minimum Gasteiger partial charge on any atom is -0.495 e. The van der Waals surface area contributed by atoms with Gasteiger partial charge in [0.1, 0.15) is 5.75 Å². The number of ether oxygens (including phenoxy) is 1. The second-order valence-corrected chi connectivity index (χ2v) is 5.60. The monoisotopic (exact) mass is 304 g/mol. The Hall–Kier alpha value is -2.04. The van der Waals surface area contributed by atoms with Crippen molar-refractivity contribution in [2.24, 2.45) is 5.92 Å². The molecule has 1 heterocycles. The van der Waals surface area contributed by atoms with Gasteiger partial charge in [0.2, 0.25) is 11.8 Å². The normalized spacial score (nSPS) is 17.9. The summed E-state index contributed by atoms with van der Waals surface area (Å²) >= 11 is 0. The lowest BCUT2D eigenvalue weighted by molar-refractivity contribution is -0.127. The molecule has 2 rings (SSSR count). The van der Waals surface area contributed by atoms with Crippen molar-refractivity contribution in [1.82, 2.24) is 5.32 Å². The Bertz CT molecular complexity index is 540. The molecule has 0 bridgehead atoms. The standard InChI is InChI=1S/C17H24N2O3/c1-4-13(5-2)18-17(21)12-10-16(20)19(11-12)14-8-6-7-9-15(14)22-3/h6-9,12-13H,4-5,10-11H2,1-3H3,(H,18,21). The molecule has 22 heavy (non-hydrogen) atoms. The van der Waals surface area contributed by atoms with E-state index in [1.807, 2.05) is 24.3 Å². The zero-order valence-corrected chi connectivity index (χ0v) is 13.5. The Morgan fingerprint density at radius 1 is 1.36 bits per heavy atom. The van der Waals surface area contributed by atoms with Gasteiger partial charge in [0.25, 0.3) is 0 Å². The molecule has 1 unspecified atom stereocenters. The molecule has 2 amide bonds. The van der Waals surface area contributed by atoms with Crippen LogP contribution in [-0.4, -0.2) is 31.5 Å². The largest absolute Gasteiger partial charge is 0.495 e. The van der Waals surface area contributed by atoms with Gasteiger partial charge in [-0.25, -0.2) is 0 Å². The van der Waals surface area contributed by atoms with Crippen molar-refractivity contribution in [3.8, 4) is 5.75 Å². The van der Waals surface area contributed by atoms with Crippen molar-refractivity contribution in [2.45, 2.75) is 39.2 Å². The minimum atomic E-state index is -0.294. The van der Waals surface area contributed by atoms with Crippen molar-refractivity contribution >= 4 is 17.5 Å². The third kappa shape index (κ3) is 3.40. The fourth-order valence-electron chi connectivity index (χ4n) is 2.78. The average Bonchev–Trinajstić information content (AvgIpc) is 2.94. The summed E-state index contributed by atoms with van der Waals surface area (Å²) in [4.78, 5) is 26.3. The fourth-order valence-corrected chi connectivity index (χ4v) is 2.78. The van der Waals surface area contributed by atoms with Crippen LogP contribution in [-0.2, 0) is 9.59 Å². The Kier molecular flexibility index (Phi) is 5.41. The number of nitrogens with zero attached hydrogens (tertiary/aromatic N) is 1. The fraction of sp³-hybridized carbons (Fsp3) is 0.529. The molecule has 0 spiro atoms. The maximum absolute atomic E-state index is 12.3. The van der Waals surface area contributed by atoms with E-state index in [-0.39, 0.29) is 30.2 Å². The number of carbonyl (C=O) groups is 2. The Balaban J connectivity index is 2.09. The number of hydrogen-bond donors (Lipinski definition) is 1. The maximum Gasteiger partial charge on any atom is 0.227 e. The number of carbonyl (C=O) groups excluding carboxylic acids is 2. The summed E-state index contributed by atoms with van der Waals surface area (Å²) < 4.78 is 5.31. The topological polar surface area (TPSA) is 58.6 Å². The first kappa shape index (κ1) is 16.3. The molecule has 1 aromatic carbocycles. The first-order chi connectivity index (χ1) is 10.6. The van der Waals surface area contributed by atoms with E-state index < -0.39 is 0 Å². The van der Waals surface area contributed by atoms with Crippen LogP contribution < -0.4 is 15.0 Å². The molecular weight excluding hydrogens is 280 g/mol. The van der Waals surface area contributed by atoms with Crippen LogP contribution in [0.4, 0.5) is 5.69 Å². The molecule has 1 aliphatic rings. The van der Waals surface area contributed by atoms with E-state index >= 15 is 0 Å². The van der Waals surface area contributed by atoms with Crippen LogP contribution in [0.15, 0.2) is 24.3 Å². The van der Waals surface area contributed by atoms with Gasteiger partial charge in [-0.1, -0.05) is 26.0 Å². The highest BCUT2D eigenvalue weighted by molar-refractivity contribution is 6.01. The number of nitrogens with one attached hydrogen (secondary N) is 1. The molecule has 0 aromatic heterocycles. The van der Waals surface area contributed by atoms with E-state index in [2.05, 4.69) is 19.2 Å². The summed E-state index contributed by atoms with van der Waals surface area (Å²) in [5.74, 6) is 0.295. The molecule has 1 fully saturated rings. The van der Waals surface area contributed by atoms with Crippen LogP contribution in [0.25, 0.3) is 0 Å². The van der Waals surface area contributed by atoms with Gasteiger partial charge in [-0.2, -0.15) is 0 Å². The van der Waals surface area contributed by atoms with Crippen molar-refractivity contribution in [3.05, 3.63) is 24.3 Å². The first-order valence-corrected chi connectivity index (χ1v) is 7.84. The molecule has 5 heteroatoms. The predicted molar refractivity (Wildman–Crippen MR) is 86.0 cm³/mol. The zero-order valence-electron chi connectivity index (χ0n) is 13.5. The van der Waals surface area contributed by atoms with E-state index in [4.69, 9.17) is 4.74 Å². The first-order valence-electron chi connectivity index (χ1n) is 7.84. The number of hydrogen-bond acceptors (Lipinski definition) is 3. The highest BCUT2D eigenvalue weighted by atomic mass is 16.5. The summed E-state index contributed by atoms with van der Waals surface area (Å²) in [7, 11) is 1.58. The van der Waals surface area contributed by atoms with Gasteiger partial charge < -0.3 is 15.0 Å². The highest BCUT2D eigenvalue weighted by Crippen LogP contribution is 2.32. The van der Waals surface area contributed by atoms with E-state index in [9.17, 15) is 9.59 Å². The molecule has 0 saturated carbocycles. The molecule has 0 aliphatic carbocycles. The van der Waals surface area contributed by atoms with Gasteiger partial charge in [0, 0.05) is 19.0 Å². The minimum absolute atomic E-state index is 0.0283. The second kappa shape index (κ2) is 7.29. The Labute approximate surface area is 131 Å². The van der Waals surface area contributed by atoms with Gasteiger partial charge >= 0.3 is 0 Å². The number of benzene rings is 1. The van der Waals surface area contributed by atoms with Crippen molar-refractivity contribution < 1.29 is 14.3 Å². The van der Waals surface area contributed by atoms with Crippen LogP contribution in [0.2, 0.25) is 0 Å². The Morgan fingerprint density at radius 2 is 2.05 bits per heavy atom. The number of methoxy groups -OCH3 is 1. The van der Waals surface area contributed by atoms with Gasteiger partial charge in [-0.05, 0) is 25.0 Å². The second-order valence-electron chi connectivity index (χ2n) is 5.60. The van der Waals surface area contributed by atoms with E-state index in [1.54, 1.807) is 12.0 Å². The predicted octanol–water partition coefficient (Wildman–Crippen LogP) is 2.35. The number of anilines is 1. The van der Waals surface area contributed by atoms with Gasteiger partial charge in [0.15, 0.2) is 0 Å². The molecule has 1 N–H and O–H groups in total. The van der Waals surface area contributed by atoms with E-state index in [1.165, 1.54) is 0 Å². The molecule has 1 aromatic rings. The van der Waals surface area contributed by atoms with Crippen LogP contribution >= 0.6 is 0 Å². The molecule has 1 aliphatic heterocycles. The molecule has 120 valence electrons. The molecule has 1 atom stereocenters. The summed E-state index contributed by atoms with van der Waals surface area (Å²) in [6.07, 6.45) is 2.06. The van der Waals surface area contributed by atoms with Crippen LogP contribution in [0.1, 0.15) is 33.1 Å². The van der Waals surface area contributed by atoms with Crippen molar-refractivity contribution in [3.63, 3.8) is 0 Å². The zero-order chi connectivity index (χ0) is 16.1. The maximum atomic E-state index is 12.3. The molecule has 5 nitrogen and oxygen atoms in total. The lowest BCUT2D eigenvalue weighted by Gasteiger charge is -2.20. The lowest BCUT2D eigenvalue weighted by Crippen LogP contribution is -2.39. The molecular formula is C17H24N2O3. The summed E-state index contributed by atoms with van der Waals surface area (Å²) in [5, 5.41) is 3.03. The van der Waals surface area contributed by atoms with Crippen molar-refractivity contribution in [1.29, 1.82) is 0 Å². The van der Waals surface area contributed by atoms with Gasteiger partial charge in [-0.15, -0.1) is 0 Å².